The molecule has 8 heteroatoms. The SMILES string of the molecule is CCCCc1nc2ccc(C)cc2c(=O)n1Cc1ccc(-c2ccsc2-c2nnn[nH]2)cc1. The lowest BCUT2D eigenvalue weighted by molar-refractivity contribution is 0.646. The van der Waals surface area contributed by atoms with Gasteiger partial charge >= 0.3 is 0 Å². The first kappa shape index (κ1) is 21.2. The molecule has 5 rings (SSSR count). The van der Waals surface area contributed by atoms with Gasteiger partial charge in [0.1, 0.15) is 5.82 Å². The summed E-state index contributed by atoms with van der Waals surface area (Å²) in [7, 11) is 0. The third-order valence-corrected chi connectivity index (χ3v) is 6.70. The first-order valence-corrected chi connectivity index (χ1v) is 11.9. The molecule has 0 saturated heterocycles. The number of rotatable bonds is 7. The number of hydrogen-bond donors (Lipinski definition) is 1. The molecule has 0 atom stereocenters. The van der Waals surface area contributed by atoms with E-state index in [0.29, 0.717) is 17.8 Å². The van der Waals surface area contributed by atoms with E-state index in [9.17, 15) is 4.79 Å². The molecule has 0 aliphatic rings. The second kappa shape index (κ2) is 9.07. The summed E-state index contributed by atoms with van der Waals surface area (Å²) in [4.78, 5) is 19.3. The Kier molecular flexibility index (Phi) is 5.83. The lowest BCUT2D eigenvalue weighted by Gasteiger charge is -2.14. The van der Waals surface area contributed by atoms with E-state index in [1.54, 1.807) is 11.3 Å². The van der Waals surface area contributed by atoms with Crippen LogP contribution in [0.15, 0.2) is 58.7 Å². The molecule has 0 amide bonds. The van der Waals surface area contributed by atoms with Crippen LogP contribution in [0.2, 0.25) is 0 Å². The Labute approximate surface area is 195 Å². The predicted octanol–water partition coefficient (Wildman–Crippen LogP) is 5.00. The van der Waals surface area contributed by atoms with Crippen molar-refractivity contribution in [2.75, 3.05) is 0 Å². The van der Waals surface area contributed by atoms with Gasteiger partial charge in [-0.2, -0.15) is 0 Å². The molecule has 0 radical (unpaired) electrons. The van der Waals surface area contributed by atoms with E-state index in [1.807, 2.05) is 35.1 Å². The number of fused-ring (bicyclic) bond motifs is 1. The van der Waals surface area contributed by atoms with Crippen LogP contribution in [0, 0.1) is 6.92 Å². The molecule has 3 heterocycles. The molecule has 0 unspecified atom stereocenters. The number of nitrogens with one attached hydrogen (secondary N) is 1. The first-order chi connectivity index (χ1) is 16.1. The third kappa shape index (κ3) is 4.21. The molecule has 33 heavy (non-hydrogen) atoms. The van der Waals surface area contributed by atoms with Gasteiger partial charge in [0.25, 0.3) is 5.56 Å². The maximum atomic E-state index is 13.4. The fourth-order valence-corrected chi connectivity index (χ4v) is 4.87. The average molecular weight is 457 g/mol. The van der Waals surface area contributed by atoms with Gasteiger partial charge in [-0.05, 0) is 58.5 Å². The van der Waals surface area contributed by atoms with E-state index in [0.717, 1.165) is 57.7 Å². The Morgan fingerprint density at radius 2 is 1.94 bits per heavy atom. The molecule has 0 aliphatic heterocycles. The van der Waals surface area contributed by atoms with Crippen molar-refractivity contribution in [1.29, 1.82) is 0 Å². The number of aryl methyl sites for hydroxylation is 2. The van der Waals surface area contributed by atoms with Crippen molar-refractivity contribution in [1.82, 2.24) is 30.2 Å². The lowest BCUT2D eigenvalue weighted by atomic mass is 10.0. The van der Waals surface area contributed by atoms with Crippen LogP contribution in [-0.4, -0.2) is 30.2 Å². The molecule has 0 fully saturated rings. The van der Waals surface area contributed by atoms with Crippen LogP contribution in [0.25, 0.3) is 32.7 Å². The fraction of sp³-hybridized carbons (Fsp3) is 0.240. The van der Waals surface area contributed by atoms with Crippen LogP contribution in [0.4, 0.5) is 0 Å². The molecule has 3 aromatic heterocycles. The molecule has 5 aromatic rings. The van der Waals surface area contributed by atoms with Gasteiger partial charge in [0.05, 0.1) is 22.3 Å². The number of aromatic nitrogens is 6. The number of hydrogen-bond acceptors (Lipinski definition) is 6. The minimum absolute atomic E-state index is 0.0248. The second-order valence-electron chi connectivity index (χ2n) is 8.15. The van der Waals surface area contributed by atoms with Gasteiger partial charge in [-0.25, -0.2) is 10.1 Å². The summed E-state index contributed by atoms with van der Waals surface area (Å²) in [5, 5.41) is 17.0. The van der Waals surface area contributed by atoms with E-state index in [-0.39, 0.29) is 5.56 Å². The molecule has 0 saturated carbocycles. The first-order valence-electron chi connectivity index (χ1n) is 11.0. The van der Waals surface area contributed by atoms with Crippen molar-refractivity contribution >= 4 is 22.2 Å². The highest BCUT2D eigenvalue weighted by Gasteiger charge is 2.14. The molecular formula is C25H24N6OS. The molecule has 7 nitrogen and oxygen atoms in total. The summed E-state index contributed by atoms with van der Waals surface area (Å²) in [5.74, 6) is 1.51. The maximum Gasteiger partial charge on any atom is 0.261 e. The zero-order chi connectivity index (χ0) is 22.8. The van der Waals surface area contributed by atoms with Gasteiger partial charge in [-0.3, -0.25) is 9.36 Å². The fourth-order valence-electron chi connectivity index (χ4n) is 4.02. The van der Waals surface area contributed by atoms with E-state index >= 15 is 0 Å². The van der Waals surface area contributed by atoms with Gasteiger partial charge in [0.2, 0.25) is 0 Å². The maximum absolute atomic E-state index is 13.4. The van der Waals surface area contributed by atoms with Crippen LogP contribution in [0.3, 0.4) is 0 Å². The molecule has 2 aromatic carbocycles. The quantitative estimate of drug-likeness (QED) is 0.372. The van der Waals surface area contributed by atoms with E-state index in [1.165, 1.54) is 0 Å². The van der Waals surface area contributed by atoms with Crippen molar-refractivity contribution in [3.8, 4) is 21.8 Å². The highest BCUT2D eigenvalue weighted by molar-refractivity contribution is 7.14. The monoisotopic (exact) mass is 456 g/mol. The Bertz CT molecular complexity index is 1450. The molecule has 0 bridgehead atoms. The van der Waals surface area contributed by atoms with Crippen molar-refractivity contribution in [3.05, 3.63) is 81.2 Å². The summed E-state index contributed by atoms with van der Waals surface area (Å²) in [5.41, 5.74) is 5.08. The minimum atomic E-state index is 0.0248. The molecule has 1 N–H and O–H groups in total. The standard InChI is InChI=1S/C25H24N6OS/c1-3-4-5-22-26-21-11-6-16(2)14-20(21)25(32)31(22)15-17-7-9-18(10-8-17)19-12-13-33-23(19)24-27-29-30-28-24/h6-14H,3-5,15H2,1-2H3,(H,27,28,29,30). The van der Waals surface area contributed by atoms with Crippen LogP contribution < -0.4 is 5.56 Å². The van der Waals surface area contributed by atoms with Crippen LogP contribution in [-0.2, 0) is 13.0 Å². The Balaban J connectivity index is 1.49. The molecule has 166 valence electrons. The zero-order valence-corrected chi connectivity index (χ0v) is 19.4. The molecular weight excluding hydrogens is 432 g/mol. The Hall–Kier alpha value is -3.65. The van der Waals surface area contributed by atoms with Crippen molar-refractivity contribution in [2.24, 2.45) is 0 Å². The average Bonchev–Trinajstić information content (AvgIpc) is 3.53. The number of nitrogens with zero attached hydrogens (tertiary/aromatic N) is 5. The Morgan fingerprint density at radius 1 is 1.09 bits per heavy atom. The summed E-state index contributed by atoms with van der Waals surface area (Å²) in [6, 6.07) is 16.3. The highest BCUT2D eigenvalue weighted by atomic mass is 32.1. The topological polar surface area (TPSA) is 89.3 Å². The number of aromatic amines is 1. The van der Waals surface area contributed by atoms with Gasteiger partial charge in [-0.1, -0.05) is 49.2 Å². The van der Waals surface area contributed by atoms with Crippen molar-refractivity contribution < 1.29 is 0 Å². The number of tetrazole rings is 1. The second-order valence-corrected chi connectivity index (χ2v) is 9.07. The van der Waals surface area contributed by atoms with Crippen LogP contribution in [0.5, 0.6) is 0 Å². The summed E-state index contributed by atoms with van der Waals surface area (Å²) < 4.78 is 1.84. The lowest BCUT2D eigenvalue weighted by Crippen LogP contribution is -2.26. The normalized spacial score (nSPS) is 11.3. The van der Waals surface area contributed by atoms with Crippen molar-refractivity contribution in [3.63, 3.8) is 0 Å². The molecule has 0 spiro atoms. The zero-order valence-electron chi connectivity index (χ0n) is 18.6. The highest BCUT2D eigenvalue weighted by Crippen LogP contribution is 2.34. The predicted molar refractivity (Wildman–Crippen MR) is 131 cm³/mol. The number of unbranched alkanes of at least 4 members (excludes halogenated alkanes) is 1. The Morgan fingerprint density at radius 3 is 2.70 bits per heavy atom. The summed E-state index contributed by atoms with van der Waals surface area (Å²) in [6.07, 6.45) is 2.84. The van der Waals surface area contributed by atoms with Gasteiger partial charge in [0, 0.05) is 12.0 Å². The van der Waals surface area contributed by atoms with Gasteiger partial charge < -0.3 is 0 Å². The van der Waals surface area contributed by atoms with Gasteiger partial charge in [-0.15, -0.1) is 16.4 Å². The van der Waals surface area contributed by atoms with E-state index < -0.39 is 0 Å². The number of thiophene rings is 1. The van der Waals surface area contributed by atoms with E-state index in [4.69, 9.17) is 4.98 Å². The van der Waals surface area contributed by atoms with Crippen molar-refractivity contribution in [2.45, 2.75) is 39.7 Å². The van der Waals surface area contributed by atoms with Crippen LogP contribution in [0.1, 0.15) is 36.7 Å². The largest absolute Gasteiger partial charge is 0.292 e. The number of benzene rings is 2. The number of H-pyrrole nitrogens is 1. The van der Waals surface area contributed by atoms with Crippen LogP contribution >= 0.6 is 11.3 Å². The minimum Gasteiger partial charge on any atom is -0.292 e. The molecule has 0 aliphatic carbocycles. The third-order valence-electron chi connectivity index (χ3n) is 5.77. The van der Waals surface area contributed by atoms with E-state index in [2.05, 4.69) is 57.9 Å². The van der Waals surface area contributed by atoms with Gasteiger partial charge in [0.15, 0.2) is 5.82 Å². The smallest absolute Gasteiger partial charge is 0.261 e. The summed E-state index contributed by atoms with van der Waals surface area (Å²) in [6.45, 7) is 4.65. The summed E-state index contributed by atoms with van der Waals surface area (Å²) >= 11 is 1.60.